The van der Waals surface area contributed by atoms with Gasteiger partial charge in [-0.15, -0.1) is 0 Å². The van der Waals surface area contributed by atoms with Gasteiger partial charge in [-0.1, -0.05) is 70.9 Å². The largest absolute Gasteiger partial charge is 0.466 e. The molecule has 0 saturated carbocycles. The second-order valence-corrected chi connectivity index (χ2v) is 5.85. The van der Waals surface area contributed by atoms with Crippen molar-refractivity contribution in [1.29, 1.82) is 0 Å². The Bertz CT molecular complexity index is 246. The van der Waals surface area contributed by atoms with Crippen LogP contribution in [0.4, 0.5) is 0 Å². The molecule has 0 rings (SSSR count). The van der Waals surface area contributed by atoms with Crippen molar-refractivity contribution in [2.24, 2.45) is 0 Å². The first-order valence-electron chi connectivity index (χ1n) is 9.11. The van der Waals surface area contributed by atoms with Crippen LogP contribution in [-0.4, -0.2) is 12.6 Å². The molecule has 21 heavy (non-hydrogen) atoms. The Balaban J connectivity index is 3.17. The summed E-state index contributed by atoms with van der Waals surface area (Å²) >= 11 is 0. The Morgan fingerprint density at radius 2 is 1.38 bits per heavy atom. The zero-order valence-electron chi connectivity index (χ0n) is 14.4. The van der Waals surface area contributed by atoms with E-state index in [4.69, 9.17) is 4.74 Å². The van der Waals surface area contributed by atoms with Crippen LogP contribution in [0.5, 0.6) is 0 Å². The molecule has 0 bridgehead atoms. The van der Waals surface area contributed by atoms with Gasteiger partial charge in [0.15, 0.2) is 0 Å². The lowest BCUT2D eigenvalue weighted by molar-refractivity contribution is -0.143. The van der Waals surface area contributed by atoms with Gasteiger partial charge in [0.05, 0.1) is 6.61 Å². The quantitative estimate of drug-likeness (QED) is 0.204. The highest BCUT2D eigenvalue weighted by Crippen LogP contribution is 2.09. The van der Waals surface area contributed by atoms with Crippen LogP contribution in [0, 0.1) is 0 Å². The van der Waals surface area contributed by atoms with Gasteiger partial charge in [0.1, 0.15) is 0 Å². The third-order valence-electron chi connectivity index (χ3n) is 3.65. The van der Waals surface area contributed by atoms with Crippen LogP contribution in [-0.2, 0) is 9.53 Å². The average molecular weight is 296 g/mol. The van der Waals surface area contributed by atoms with Crippen molar-refractivity contribution in [2.45, 2.75) is 97.3 Å². The number of unbranched alkanes of at least 4 members (excludes halogenated alkanes) is 9. The van der Waals surface area contributed by atoms with Gasteiger partial charge in [-0.3, -0.25) is 4.79 Å². The molecule has 2 heteroatoms. The second-order valence-electron chi connectivity index (χ2n) is 5.85. The molecule has 124 valence electrons. The van der Waals surface area contributed by atoms with E-state index in [1.165, 1.54) is 51.4 Å². The summed E-state index contributed by atoms with van der Waals surface area (Å²) in [6, 6.07) is 0. The summed E-state index contributed by atoms with van der Waals surface area (Å²) in [4.78, 5) is 11.4. The van der Waals surface area contributed by atoms with Crippen molar-refractivity contribution in [3.8, 4) is 0 Å². The SMILES string of the molecule is CCCC/C=C\CCCCCCCC(=O)OCCCCC. The highest BCUT2D eigenvalue weighted by molar-refractivity contribution is 5.69. The molecule has 0 amide bonds. The zero-order valence-corrected chi connectivity index (χ0v) is 14.4. The van der Waals surface area contributed by atoms with E-state index in [2.05, 4.69) is 26.0 Å². The monoisotopic (exact) mass is 296 g/mol. The summed E-state index contributed by atoms with van der Waals surface area (Å²) in [6.45, 7) is 4.99. The number of rotatable bonds is 15. The maximum atomic E-state index is 11.4. The third-order valence-corrected chi connectivity index (χ3v) is 3.65. The summed E-state index contributed by atoms with van der Waals surface area (Å²) in [7, 11) is 0. The third kappa shape index (κ3) is 17.2. The summed E-state index contributed by atoms with van der Waals surface area (Å²) < 4.78 is 5.19. The predicted octanol–water partition coefficient (Wildman–Crippen LogP) is 6.20. The van der Waals surface area contributed by atoms with Gasteiger partial charge in [0, 0.05) is 6.42 Å². The van der Waals surface area contributed by atoms with Crippen molar-refractivity contribution in [3.63, 3.8) is 0 Å². The Kier molecular flexibility index (Phi) is 16.6. The summed E-state index contributed by atoms with van der Waals surface area (Å²) in [6.07, 6.45) is 19.6. The molecule has 0 aliphatic heterocycles. The minimum absolute atomic E-state index is 0.00930. The Morgan fingerprint density at radius 3 is 2.10 bits per heavy atom. The summed E-state index contributed by atoms with van der Waals surface area (Å²) in [5.74, 6) is -0.00930. The van der Waals surface area contributed by atoms with Crippen LogP contribution >= 0.6 is 0 Å². The lowest BCUT2D eigenvalue weighted by atomic mass is 10.1. The fraction of sp³-hybridized carbons (Fsp3) is 0.842. The molecule has 0 aromatic rings. The Hall–Kier alpha value is -0.790. The zero-order chi connectivity index (χ0) is 15.6. The van der Waals surface area contributed by atoms with Gasteiger partial charge < -0.3 is 4.74 Å². The molecule has 0 aliphatic carbocycles. The molecule has 0 heterocycles. The molecule has 0 unspecified atom stereocenters. The molecule has 0 N–H and O–H groups in total. The Morgan fingerprint density at radius 1 is 0.762 bits per heavy atom. The van der Waals surface area contributed by atoms with Crippen LogP contribution < -0.4 is 0 Å². The van der Waals surface area contributed by atoms with Crippen LogP contribution in [0.1, 0.15) is 97.3 Å². The average Bonchev–Trinajstić information content (AvgIpc) is 2.49. The number of allylic oxidation sites excluding steroid dienone is 2. The van der Waals surface area contributed by atoms with Crippen molar-refractivity contribution < 1.29 is 9.53 Å². The minimum atomic E-state index is -0.00930. The molecule has 0 radical (unpaired) electrons. The fourth-order valence-corrected chi connectivity index (χ4v) is 2.23. The number of esters is 1. The van der Waals surface area contributed by atoms with Crippen LogP contribution in [0.15, 0.2) is 12.2 Å². The van der Waals surface area contributed by atoms with Crippen molar-refractivity contribution in [1.82, 2.24) is 0 Å². The topological polar surface area (TPSA) is 26.3 Å². The maximum Gasteiger partial charge on any atom is 0.305 e. The van der Waals surface area contributed by atoms with Gasteiger partial charge in [0.2, 0.25) is 0 Å². The molecular formula is C19H36O2. The van der Waals surface area contributed by atoms with Gasteiger partial charge in [-0.25, -0.2) is 0 Å². The predicted molar refractivity (Wildman–Crippen MR) is 91.5 cm³/mol. The van der Waals surface area contributed by atoms with Crippen LogP contribution in [0.25, 0.3) is 0 Å². The molecule has 0 aliphatic rings. The minimum Gasteiger partial charge on any atom is -0.466 e. The summed E-state index contributed by atoms with van der Waals surface area (Å²) in [5, 5.41) is 0. The molecule has 0 saturated heterocycles. The van der Waals surface area contributed by atoms with E-state index in [-0.39, 0.29) is 5.97 Å². The number of ether oxygens (including phenoxy) is 1. The summed E-state index contributed by atoms with van der Waals surface area (Å²) in [5.41, 5.74) is 0. The highest BCUT2D eigenvalue weighted by Gasteiger charge is 2.01. The highest BCUT2D eigenvalue weighted by atomic mass is 16.5. The van der Waals surface area contributed by atoms with Gasteiger partial charge in [-0.05, 0) is 32.1 Å². The van der Waals surface area contributed by atoms with Gasteiger partial charge in [0.25, 0.3) is 0 Å². The smallest absolute Gasteiger partial charge is 0.305 e. The molecule has 2 nitrogen and oxygen atoms in total. The van der Waals surface area contributed by atoms with Crippen LogP contribution in [0.2, 0.25) is 0 Å². The lowest BCUT2D eigenvalue weighted by Crippen LogP contribution is -2.05. The molecule has 0 atom stereocenters. The van der Waals surface area contributed by atoms with E-state index in [1.54, 1.807) is 0 Å². The molecule has 0 spiro atoms. The van der Waals surface area contributed by atoms with E-state index in [0.717, 1.165) is 25.7 Å². The molecule has 0 aromatic heterocycles. The molecule has 0 aromatic carbocycles. The lowest BCUT2D eigenvalue weighted by Gasteiger charge is -2.04. The van der Waals surface area contributed by atoms with Crippen molar-refractivity contribution >= 4 is 5.97 Å². The number of hydrogen-bond donors (Lipinski definition) is 0. The maximum absolute atomic E-state index is 11.4. The van der Waals surface area contributed by atoms with Crippen LogP contribution in [0.3, 0.4) is 0 Å². The van der Waals surface area contributed by atoms with Gasteiger partial charge >= 0.3 is 5.97 Å². The molecular weight excluding hydrogens is 260 g/mol. The fourth-order valence-electron chi connectivity index (χ4n) is 2.23. The Labute approximate surface area is 132 Å². The van der Waals surface area contributed by atoms with E-state index in [9.17, 15) is 4.79 Å². The van der Waals surface area contributed by atoms with E-state index >= 15 is 0 Å². The van der Waals surface area contributed by atoms with Crippen molar-refractivity contribution in [2.75, 3.05) is 6.61 Å². The molecule has 0 fully saturated rings. The number of hydrogen-bond acceptors (Lipinski definition) is 2. The normalized spacial score (nSPS) is 11.1. The second kappa shape index (κ2) is 17.3. The van der Waals surface area contributed by atoms with E-state index in [0.29, 0.717) is 13.0 Å². The number of carbonyl (C=O) groups excluding carboxylic acids is 1. The standard InChI is InChI=1S/C19H36O2/c1-3-5-7-8-9-10-11-12-13-14-15-17-19(20)21-18-16-6-4-2/h8-9H,3-7,10-18H2,1-2H3/b9-8-. The first-order chi connectivity index (χ1) is 10.3. The van der Waals surface area contributed by atoms with Gasteiger partial charge in [-0.2, -0.15) is 0 Å². The van der Waals surface area contributed by atoms with E-state index in [1.807, 2.05) is 0 Å². The first kappa shape index (κ1) is 20.2. The van der Waals surface area contributed by atoms with E-state index < -0.39 is 0 Å². The number of carbonyl (C=O) groups is 1. The van der Waals surface area contributed by atoms with Crippen molar-refractivity contribution in [3.05, 3.63) is 12.2 Å². The first-order valence-corrected chi connectivity index (χ1v) is 9.11.